The molecule has 2 heterocycles. The summed E-state index contributed by atoms with van der Waals surface area (Å²) in [5.41, 5.74) is 3.56. The summed E-state index contributed by atoms with van der Waals surface area (Å²) in [6.07, 6.45) is 4.39. The molecule has 0 spiro atoms. The van der Waals surface area contributed by atoms with Crippen LogP contribution in [-0.4, -0.2) is 20.2 Å². The molecular formula is C16H15N3O2. The summed E-state index contributed by atoms with van der Waals surface area (Å²) in [6, 6.07) is 7.08. The van der Waals surface area contributed by atoms with Crippen LogP contribution < -0.4 is 0 Å². The van der Waals surface area contributed by atoms with Crippen molar-refractivity contribution in [2.75, 3.05) is 0 Å². The van der Waals surface area contributed by atoms with Gasteiger partial charge in [-0.25, -0.2) is 0 Å². The topological polar surface area (TPSA) is 72.0 Å². The average Bonchev–Trinajstić information content (AvgIpc) is 2.99. The molecule has 1 aromatic carbocycles. The lowest BCUT2D eigenvalue weighted by Crippen LogP contribution is -1.90. The fourth-order valence-corrected chi connectivity index (χ4v) is 2.17. The van der Waals surface area contributed by atoms with Crippen molar-refractivity contribution >= 4 is 0 Å². The quantitative estimate of drug-likeness (QED) is 0.796. The van der Waals surface area contributed by atoms with E-state index in [-0.39, 0.29) is 5.75 Å². The highest BCUT2D eigenvalue weighted by Crippen LogP contribution is 2.27. The van der Waals surface area contributed by atoms with Crippen LogP contribution in [-0.2, 0) is 6.42 Å². The Balaban J connectivity index is 2.01. The number of aromatic hydroxyl groups is 1. The van der Waals surface area contributed by atoms with E-state index < -0.39 is 0 Å². The van der Waals surface area contributed by atoms with E-state index in [9.17, 15) is 5.11 Å². The highest BCUT2D eigenvalue weighted by atomic mass is 16.5. The van der Waals surface area contributed by atoms with Gasteiger partial charge in [0.05, 0.1) is 0 Å². The molecule has 106 valence electrons. The van der Waals surface area contributed by atoms with Crippen molar-refractivity contribution < 1.29 is 9.63 Å². The van der Waals surface area contributed by atoms with Crippen LogP contribution >= 0.6 is 0 Å². The molecule has 5 nitrogen and oxygen atoms in total. The number of phenols is 1. The van der Waals surface area contributed by atoms with Gasteiger partial charge in [-0.3, -0.25) is 4.98 Å². The number of aromatic nitrogens is 3. The van der Waals surface area contributed by atoms with Crippen molar-refractivity contribution in [3.05, 3.63) is 47.8 Å². The first kappa shape index (κ1) is 13.3. The summed E-state index contributed by atoms with van der Waals surface area (Å²) in [6.45, 7) is 3.89. The first-order valence-electron chi connectivity index (χ1n) is 6.76. The summed E-state index contributed by atoms with van der Waals surface area (Å²) >= 11 is 0. The number of phenolic OH excluding ortho intramolecular Hbond substituents is 1. The van der Waals surface area contributed by atoms with Gasteiger partial charge in [0.25, 0.3) is 5.89 Å². The van der Waals surface area contributed by atoms with Gasteiger partial charge in [-0.15, -0.1) is 0 Å². The van der Waals surface area contributed by atoms with Gasteiger partial charge in [0.1, 0.15) is 5.75 Å². The monoisotopic (exact) mass is 281 g/mol. The molecule has 0 saturated heterocycles. The van der Waals surface area contributed by atoms with Gasteiger partial charge in [-0.05, 0) is 48.7 Å². The third-order valence-electron chi connectivity index (χ3n) is 3.40. The maximum atomic E-state index is 9.57. The number of aryl methyl sites for hydroxylation is 2. The van der Waals surface area contributed by atoms with Crippen LogP contribution in [0.15, 0.2) is 41.2 Å². The third kappa shape index (κ3) is 2.50. The van der Waals surface area contributed by atoms with E-state index in [0.29, 0.717) is 11.7 Å². The minimum Gasteiger partial charge on any atom is -0.508 e. The van der Waals surface area contributed by atoms with Crippen LogP contribution in [0.4, 0.5) is 0 Å². The molecule has 3 aromatic rings. The lowest BCUT2D eigenvalue weighted by molar-refractivity contribution is 0.432. The zero-order valence-electron chi connectivity index (χ0n) is 11.9. The summed E-state index contributed by atoms with van der Waals surface area (Å²) < 4.78 is 5.34. The lowest BCUT2D eigenvalue weighted by atomic mass is 10.1. The number of benzene rings is 1. The van der Waals surface area contributed by atoms with Crippen molar-refractivity contribution in [1.29, 1.82) is 0 Å². The van der Waals surface area contributed by atoms with Crippen LogP contribution in [0.3, 0.4) is 0 Å². The molecule has 0 bridgehead atoms. The van der Waals surface area contributed by atoms with Crippen LogP contribution in [0, 0.1) is 6.92 Å². The van der Waals surface area contributed by atoms with Gasteiger partial charge in [0.15, 0.2) is 0 Å². The Morgan fingerprint density at radius 1 is 1.24 bits per heavy atom. The predicted molar refractivity (Wildman–Crippen MR) is 78.7 cm³/mol. The largest absolute Gasteiger partial charge is 0.508 e. The van der Waals surface area contributed by atoms with E-state index in [0.717, 1.165) is 28.7 Å². The molecule has 0 saturated carbocycles. The highest BCUT2D eigenvalue weighted by molar-refractivity contribution is 5.63. The first-order chi connectivity index (χ1) is 10.2. The number of hydrogen-bond donors (Lipinski definition) is 1. The molecule has 0 aliphatic heterocycles. The normalized spacial score (nSPS) is 10.8. The minimum atomic E-state index is 0.251. The molecule has 0 atom stereocenters. The smallest absolute Gasteiger partial charge is 0.258 e. The van der Waals surface area contributed by atoms with Crippen LogP contribution in [0.25, 0.3) is 22.8 Å². The van der Waals surface area contributed by atoms with Gasteiger partial charge in [-0.1, -0.05) is 12.1 Å². The van der Waals surface area contributed by atoms with Crippen molar-refractivity contribution in [1.82, 2.24) is 15.1 Å². The van der Waals surface area contributed by atoms with E-state index in [1.54, 1.807) is 18.3 Å². The van der Waals surface area contributed by atoms with Crippen molar-refractivity contribution in [2.45, 2.75) is 20.3 Å². The van der Waals surface area contributed by atoms with Gasteiger partial charge in [0.2, 0.25) is 5.82 Å². The van der Waals surface area contributed by atoms with Gasteiger partial charge < -0.3 is 9.63 Å². The van der Waals surface area contributed by atoms with Crippen molar-refractivity contribution in [3.63, 3.8) is 0 Å². The van der Waals surface area contributed by atoms with E-state index in [1.807, 2.05) is 25.3 Å². The second-order valence-electron chi connectivity index (χ2n) is 4.81. The van der Waals surface area contributed by atoms with E-state index in [1.165, 1.54) is 0 Å². The van der Waals surface area contributed by atoms with Crippen molar-refractivity contribution in [3.8, 4) is 28.6 Å². The highest BCUT2D eigenvalue weighted by Gasteiger charge is 2.13. The van der Waals surface area contributed by atoms with Gasteiger partial charge in [0, 0.05) is 23.5 Å². The Bertz CT molecular complexity index is 781. The molecule has 0 unspecified atom stereocenters. The Kier molecular flexibility index (Phi) is 3.39. The minimum absolute atomic E-state index is 0.251. The SMILES string of the molecule is CCc1cnccc1-c1noc(-c2ccc(O)c(C)c2)n1. The maximum absolute atomic E-state index is 9.57. The molecule has 0 fully saturated rings. The summed E-state index contributed by atoms with van der Waals surface area (Å²) in [5.74, 6) is 1.24. The zero-order valence-corrected chi connectivity index (χ0v) is 11.9. The maximum Gasteiger partial charge on any atom is 0.258 e. The molecule has 0 amide bonds. The number of hydrogen-bond acceptors (Lipinski definition) is 5. The molecule has 3 rings (SSSR count). The van der Waals surface area contributed by atoms with Crippen LogP contribution in [0.5, 0.6) is 5.75 Å². The second-order valence-corrected chi connectivity index (χ2v) is 4.81. The second kappa shape index (κ2) is 5.36. The molecule has 0 radical (unpaired) electrons. The standard InChI is InChI=1S/C16H15N3O2/c1-3-11-9-17-7-6-13(11)15-18-16(21-19-15)12-4-5-14(20)10(2)8-12/h4-9,20H,3H2,1-2H3. The van der Waals surface area contributed by atoms with Crippen LogP contribution in [0.2, 0.25) is 0 Å². The van der Waals surface area contributed by atoms with Gasteiger partial charge in [-0.2, -0.15) is 4.98 Å². The number of pyridine rings is 1. The number of nitrogens with zero attached hydrogens (tertiary/aromatic N) is 3. The molecular weight excluding hydrogens is 266 g/mol. The zero-order chi connectivity index (χ0) is 14.8. The van der Waals surface area contributed by atoms with E-state index in [2.05, 4.69) is 22.0 Å². The molecule has 0 aliphatic carbocycles. The molecule has 0 aliphatic rings. The van der Waals surface area contributed by atoms with E-state index >= 15 is 0 Å². The first-order valence-corrected chi connectivity index (χ1v) is 6.76. The molecule has 5 heteroatoms. The predicted octanol–water partition coefficient (Wildman–Crippen LogP) is 3.38. The summed E-state index contributed by atoms with van der Waals surface area (Å²) in [5, 5.41) is 13.6. The Morgan fingerprint density at radius 2 is 2.10 bits per heavy atom. The molecule has 1 N–H and O–H groups in total. The Morgan fingerprint density at radius 3 is 2.86 bits per heavy atom. The third-order valence-corrected chi connectivity index (χ3v) is 3.40. The van der Waals surface area contributed by atoms with Crippen molar-refractivity contribution in [2.24, 2.45) is 0 Å². The average molecular weight is 281 g/mol. The fourth-order valence-electron chi connectivity index (χ4n) is 2.17. The Labute approximate surface area is 122 Å². The van der Waals surface area contributed by atoms with Crippen LogP contribution in [0.1, 0.15) is 18.1 Å². The van der Waals surface area contributed by atoms with Gasteiger partial charge >= 0.3 is 0 Å². The summed E-state index contributed by atoms with van der Waals surface area (Å²) in [4.78, 5) is 8.56. The molecule has 21 heavy (non-hydrogen) atoms. The lowest BCUT2D eigenvalue weighted by Gasteiger charge is -2.01. The Hall–Kier alpha value is -2.69. The molecule has 2 aromatic heterocycles. The van der Waals surface area contributed by atoms with E-state index in [4.69, 9.17) is 4.52 Å². The number of rotatable bonds is 3. The summed E-state index contributed by atoms with van der Waals surface area (Å²) in [7, 11) is 0. The fraction of sp³-hybridized carbons (Fsp3) is 0.188.